The Balaban J connectivity index is 2.40. The van der Waals surface area contributed by atoms with Crippen LogP contribution in [0, 0.1) is 12.7 Å². The Hall–Kier alpha value is -2.16. The molecule has 2 aromatic rings. The lowest BCUT2D eigenvalue weighted by molar-refractivity contribution is 0.103. The standard InChI is InChI=1S/C17H17FO2/c1-3-10-20-16-7-5-4-6-13(16)17(19)14-11-12(2)8-9-15(14)18/h4-9,11H,3,10H2,1-2H3. The van der Waals surface area contributed by atoms with E-state index in [9.17, 15) is 9.18 Å². The molecule has 0 aliphatic carbocycles. The van der Waals surface area contributed by atoms with Gasteiger partial charge in [0.2, 0.25) is 0 Å². The summed E-state index contributed by atoms with van der Waals surface area (Å²) >= 11 is 0. The highest BCUT2D eigenvalue weighted by Gasteiger charge is 2.17. The van der Waals surface area contributed by atoms with Gasteiger partial charge in [0.1, 0.15) is 11.6 Å². The molecule has 0 heterocycles. The van der Waals surface area contributed by atoms with Crippen LogP contribution in [0.2, 0.25) is 0 Å². The number of halogens is 1. The zero-order valence-electron chi connectivity index (χ0n) is 11.7. The van der Waals surface area contributed by atoms with Crippen molar-refractivity contribution in [2.24, 2.45) is 0 Å². The number of carbonyl (C=O) groups is 1. The lowest BCUT2D eigenvalue weighted by Gasteiger charge is -2.10. The Morgan fingerprint density at radius 3 is 2.65 bits per heavy atom. The van der Waals surface area contributed by atoms with Gasteiger partial charge < -0.3 is 4.74 Å². The fraction of sp³-hybridized carbons (Fsp3) is 0.235. The molecule has 0 amide bonds. The summed E-state index contributed by atoms with van der Waals surface area (Å²) in [5.74, 6) is -0.357. The molecule has 0 unspecified atom stereocenters. The molecule has 0 fully saturated rings. The molecule has 0 aromatic heterocycles. The third-order valence-corrected chi connectivity index (χ3v) is 2.96. The van der Waals surface area contributed by atoms with Crippen LogP contribution in [0.5, 0.6) is 5.75 Å². The van der Waals surface area contributed by atoms with Gasteiger partial charge in [0, 0.05) is 0 Å². The smallest absolute Gasteiger partial charge is 0.199 e. The lowest BCUT2D eigenvalue weighted by atomic mass is 10.0. The van der Waals surface area contributed by atoms with E-state index < -0.39 is 5.82 Å². The molecular formula is C17H17FO2. The van der Waals surface area contributed by atoms with Crippen LogP contribution in [0.1, 0.15) is 34.8 Å². The van der Waals surface area contributed by atoms with Crippen molar-refractivity contribution in [2.75, 3.05) is 6.61 Å². The number of benzene rings is 2. The molecule has 2 aromatic carbocycles. The first-order valence-corrected chi connectivity index (χ1v) is 6.66. The van der Waals surface area contributed by atoms with Crippen molar-refractivity contribution in [2.45, 2.75) is 20.3 Å². The SMILES string of the molecule is CCCOc1ccccc1C(=O)c1cc(C)ccc1F. The number of carbonyl (C=O) groups excluding carboxylic acids is 1. The Bertz CT molecular complexity index is 620. The number of para-hydroxylation sites is 1. The van der Waals surface area contributed by atoms with E-state index in [-0.39, 0.29) is 11.3 Å². The molecule has 2 rings (SSSR count). The molecule has 0 saturated heterocycles. The summed E-state index contributed by atoms with van der Waals surface area (Å²) in [7, 11) is 0. The number of ketones is 1. The van der Waals surface area contributed by atoms with Crippen LogP contribution in [0.15, 0.2) is 42.5 Å². The van der Waals surface area contributed by atoms with Gasteiger partial charge in [0.05, 0.1) is 17.7 Å². The average molecular weight is 272 g/mol. The number of rotatable bonds is 5. The minimum atomic E-state index is -0.508. The Morgan fingerprint density at radius 2 is 1.90 bits per heavy atom. The third kappa shape index (κ3) is 3.05. The van der Waals surface area contributed by atoms with E-state index in [1.54, 1.807) is 36.4 Å². The van der Waals surface area contributed by atoms with Gasteiger partial charge in [-0.05, 0) is 37.6 Å². The second kappa shape index (κ2) is 6.33. The van der Waals surface area contributed by atoms with Crippen molar-refractivity contribution in [1.29, 1.82) is 0 Å². The van der Waals surface area contributed by atoms with E-state index in [1.807, 2.05) is 13.8 Å². The van der Waals surface area contributed by atoms with Gasteiger partial charge in [-0.2, -0.15) is 0 Å². The second-order valence-electron chi connectivity index (χ2n) is 4.66. The lowest BCUT2D eigenvalue weighted by Crippen LogP contribution is -2.08. The van der Waals surface area contributed by atoms with Gasteiger partial charge in [0.15, 0.2) is 5.78 Å². The summed E-state index contributed by atoms with van der Waals surface area (Å²) in [5.41, 5.74) is 1.32. The van der Waals surface area contributed by atoms with Crippen LogP contribution in [-0.4, -0.2) is 12.4 Å². The Morgan fingerprint density at radius 1 is 1.15 bits per heavy atom. The summed E-state index contributed by atoms with van der Waals surface area (Å²) in [6.07, 6.45) is 0.849. The van der Waals surface area contributed by atoms with Gasteiger partial charge in [-0.25, -0.2) is 4.39 Å². The minimum Gasteiger partial charge on any atom is -0.493 e. The first kappa shape index (κ1) is 14.3. The van der Waals surface area contributed by atoms with E-state index in [0.29, 0.717) is 17.9 Å². The highest BCUT2D eigenvalue weighted by molar-refractivity contribution is 6.10. The van der Waals surface area contributed by atoms with Crippen LogP contribution in [0.3, 0.4) is 0 Å². The minimum absolute atomic E-state index is 0.0811. The normalized spacial score (nSPS) is 10.3. The van der Waals surface area contributed by atoms with Crippen molar-refractivity contribution in [3.63, 3.8) is 0 Å². The highest BCUT2D eigenvalue weighted by atomic mass is 19.1. The average Bonchev–Trinajstić information content (AvgIpc) is 2.47. The van der Waals surface area contributed by atoms with Gasteiger partial charge in [0.25, 0.3) is 0 Å². The molecule has 3 heteroatoms. The molecule has 0 spiro atoms. The molecule has 2 nitrogen and oxygen atoms in total. The van der Waals surface area contributed by atoms with Crippen LogP contribution in [-0.2, 0) is 0 Å². The van der Waals surface area contributed by atoms with E-state index in [4.69, 9.17) is 4.74 Å². The fourth-order valence-electron chi connectivity index (χ4n) is 1.95. The number of hydrogen-bond acceptors (Lipinski definition) is 2. The summed E-state index contributed by atoms with van der Waals surface area (Å²) in [6.45, 7) is 4.35. The van der Waals surface area contributed by atoms with Crippen molar-refractivity contribution in [3.05, 3.63) is 65.0 Å². The highest BCUT2D eigenvalue weighted by Crippen LogP contribution is 2.23. The van der Waals surface area contributed by atoms with Crippen LogP contribution in [0.25, 0.3) is 0 Å². The van der Waals surface area contributed by atoms with Crippen LogP contribution in [0.4, 0.5) is 4.39 Å². The van der Waals surface area contributed by atoms with Crippen LogP contribution < -0.4 is 4.74 Å². The van der Waals surface area contributed by atoms with Crippen molar-refractivity contribution < 1.29 is 13.9 Å². The van der Waals surface area contributed by atoms with Gasteiger partial charge in [-0.1, -0.05) is 30.7 Å². The van der Waals surface area contributed by atoms with E-state index in [1.165, 1.54) is 6.07 Å². The zero-order chi connectivity index (χ0) is 14.5. The molecule has 0 aliphatic heterocycles. The molecule has 0 N–H and O–H groups in total. The summed E-state index contributed by atoms with van der Waals surface area (Å²) in [6, 6.07) is 11.5. The molecular weight excluding hydrogens is 255 g/mol. The predicted molar refractivity (Wildman–Crippen MR) is 76.8 cm³/mol. The van der Waals surface area contributed by atoms with E-state index >= 15 is 0 Å². The summed E-state index contributed by atoms with van der Waals surface area (Å²) in [5, 5.41) is 0. The number of ether oxygens (including phenoxy) is 1. The molecule has 0 atom stereocenters. The molecule has 0 saturated carbocycles. The zero-order valence-corrected chi connectivity index (χ0v) is 11.7. The van der Waals surface area contributed by atoms with Gasteiger partial charge in [-0.3, -0.25) is 4.79 Å². The monoisotopic (exact) mass is 272 g/mol. The quantitative estimate of drug-likeness (QED) is 0.764. The van der Waals surface area contributed by atoms with Crippen molar-refractivity contribution >= 4 is 5.78 Å². The van der Waals surface area contributed by atoms with Crippen LogP contribution >= 0.6 is 0 Å². The Labute approximate surface area is 118 Å². The first-order chi connectivity index (χ1) is 9.63. The van der Waals surface area contributed by atoms with Gasteiger partial charge in [-0.15, -0.1) is 0 Å². The van der Waals surface area contributed by atoms with E-state index in [0.717, 1.165) is 12.0 Å². The second-order valence-corrected chi connectivity index (χ2v) is 4.66. The summed E-state index contributed by atoms with van der Waals surface area (Å²) < 4.78 is 19.4. The molecule has 0 radical (unpaired) electrons. The third-order valence-electron chi connectivity index (χ3n) is 2.96. The largest absolute Gasteiger partial charge is 0.493 e. The maximum atomic E-state index is 13.8. The summed E-state index contributed by atoms with van der Waals surface area (Å²) in [4.78, 5) is 12.5. The molecule has 0 bridgehead atoms. The molecule has 0 aliphatic rings. The molecule has 104 valence electrons. The topological polar surface area (TPSA) is 26.3 Å². The number of hydrogen-bond donors (Lipinski definition) is 0. The van der Waals surface area contributed by atoms with Crippen molar-refractivity contribution in [1.82, 2.24) is 0 Å². The maximum absolute atomic E-state index is 13.8. The van der Waals surface area contributed by atoms with Gasteiger partial charge >= 0.3 is 0 Å². The number of aryl methyl sites for hydroxylation is 1. The van der Waals surface area contributed by atoms with E-state index in [2.05, 4.69) is 0 Å². The Kier molecular flexibility index (Phi) is 4.51. The predicted octanol–water partition coefficient (Wildman–Crippen LogP) is 4.15. The first-order valence-electron chi connectivity index (χ1n) is 6.66. The maximum Gasteiger partial charge on any atom is 0.199 e. The van der Waals surface area contributed by atoms with Crippen molar-refractivity contribution in [3.8, 4) is 5.75 Å². The molecule has 20 heavy (non-hydrogen) atoms. The fourth-order valence-corrected chi connectivity index (χ4v) is 1.95.